The van der Waals surface area contributed by atoms with Gasteiger partial charge in [0.1, 0.15) is 12.4 Å². The van der Waals surface area contributed by atoms with Crippen LogP contribution in [0.2, 0.25) is 0 Å². The van der Waals surface area contributed by atoms with Crippen LogP contribution in [0.3, 0.4) is 0 Å². The van der Waals surface area contributed by atoms with Gasteiger partial charge in [0, 0.05) is 0 Å². The first-order valence-corrected chi connectivity index (χ1v) is 5.93. The van der Waals surface area contributed by atoms with Crippen molar-refractivity contribution in [1.82, 2.24) is 0 Å². The van der Waals surface area contributed by atoms with Crippen molar-refractivity contribution < 1.29 is 14.6 Å². The van der Waals surface area contributed by atoms with Gasteiger partial charge in [-0.3, -0.25) is 0 Å². The maximum absolute atomic E-state index is 11.6. The molecule has 3 heteroatoms. The van der Waals surface area contributed by atoms with E-state index in [1.165, 1.54) is 12.1 Å². The Labute approximate surface area is 111 Å². The summed E-state index contributed by atoms with van der Waals surface area (Å²) in [5.74, 6) is -0.400. The predicted octanol–water partition coefficient (Wildman–Crippen LogP) is 3.26. The highest BCUT2D eigenvalue weighted by atomic mass is 16.5. The zero-order chi connectivity index (χ0) is 13.5. The molecule has 0 aliphatic heterocycles. The average molecular weight is 254 g/mol. The third-order valence-corrected chi connectivity index (χ3v) is 2.50. The van der Waals surface area contributed by atoms with E-state index < -0.39 is 5.97 Å². The van der Waals surface area contributed by atoms with Crippen molar-refractivity contribution in [2.45, 2.75) is 0 Å². The summed E-state index contributed by atoms with van der Waals surface area (Å²) in [5.41, 5.74) is 1.39. The van der Waals surface area contributed by atoms with Crippen LogP contribution in [0, 0.1) is 0 Å². The van der Waals surface area contributed by atoms with Gasteiger partial charge in [-0.2, -0.15) is 0 Å². The smallest absolute Gasteiger partial charge is 0.338 e. The van der Waals surface area contributed by atoms with Gasteiger partial charge in [0.05, 0.1) is 5.56 Å². The fourth-order valence-corrected chi connectivity index (χ4v) is 1.59. The number of rotatable bonds is 4. The monoisotopic (exact) mass is 254 g/mol. The molecule has 0 saturated heterocycles. The van der Waals surface area contributed by atoms with E-state index in [1.54, 1.807) is 18.2 Å². The van der Waals surface area contributed by atoms with Crippen LogP contribution in [0.25, 0.3) is 6.08 Å². The summed E-state index contributed by atoms with van der Waals surface area (Å²) in [6.07, 6.45) is 3.66. The van der Waals surface area contributed by atoms with E-state index in [-0.39, 0.29) is 12.4 Å². The standard InChI is InChI=1S/C16H14O3/c17-15-10-4-9-14(12-15)16(18)19-11-5-8-13-6-2-1-3-7-13/h1-10,12,17H,11H2/b8-5+. The second-order valence-electron chi connectivity index (χ2n) is 3.96. The first-order chi connectivity index (χ1) is 9.25. The highest BCUT2D eigenvalue weighted by Gasteiger charge is 2.05. The Balaban J connectivity index is 1.86. The molecule has 0 aliphatic rings. The van der Waals surface area contributed by atoms with E-state index >= 15 is 0 Å². The molecule has 1 N–H and O–H groups in total. The number of aromatic hydroxyl groups is 1. The molecule has 0 spiro atoms. The number of esters is 1. The van der Waals surface area contributed by atoms with Crippen molar-refractivity contribution >= 4 is 12.0 Å². The third-order valence-electron chi connectivity index (χ3n) is 2.50. The summed E-state index contributed by atoms with van der Waals surface area (Å²) in [4.78, 5) is 11.6. The molecule has 0 aromatic heterocycles. The van der Waals surface area contributed by atoms with Crippen LogP contribution >= 0.6 is 0 Å². The first-order valence-electron chi connectivity index (χ1n) is 5.93. The van der Waals surface area contributed by atoms with Crippen molar-refractivity contribution in [1.29, 1.82) is 0 Å². The van der Waals surface area contributed by atoms with E-state index in [2.05, 4.69) is 0 Å². The van der Waals surface area contributed by atoms with Crippen molar-refractivity contribution in [3.63, 3.8) is 0 Å². The Hall–Kier alpha value is -2.55. The van der Waals surface area contributed by atoms with Crippen LogP contribution in [-0.2, 0) is 4.74 Å². The van der Waals surface area contributed by atoms with Gasteiger partial charge in [-0.25, -0.2) is 4.79 Å². The van der Waals surface area contributed by atoms with Gasteiger partial charge in [0.2, 0.25) is 0 Å². The molecule has 0 fully saturated rings. The second kappa shape index (κ2) is 6.40. The largest absolute Gasteiger partial charge is 0.508 e. The van der Waals surface area contributed by atoms with E-state index in [9.17, 15) is 9.90 Å². The van der Waals surface area contributed by atoms with Crippen LogP contribution in [0.4, 0.5) is 0 Å². The molecule has 2 aromatic carbocycles. The first kappa shape index (κ1) is 12.9. The van der Waals surface area contributed by atoms with Crippen molar-refractivity contribution in [2.24, 2.45) is 0 Å². The van der Waals surface area contributed by atoms with Crippen LogP contribution in [-0.4, -0.2) is 17.7 Å². The fraction of sp³-hybridized carbons (Fsp3) is 0.0625. The summed E-state index contributed by atoms with van der Waals surface area (Å²) in [6, 6.07) is 15.8. The lowest BCUT2D eigenvalue weighted by molar-refractivity contribution is 0.0549. The molecule has 0 amide bonds. The Morgan fingerprint density at radius 2 is 1.89 bits per heavy atom. The van der Waals surface area contributed by atoms with E-state index in [0.717, 1.165) is 5.56 Å². The Bertz CT molecular complexity index is 574. The van der Waals surface area contributed by atoms with Gasteiger partial charge in [-0.05, 0) is 29.8 Å². The molecule has 0 bridgehead atoms. The normalized spacial score (nSPS) is 10.5. The fourth-order valence-electron chi connectivity index (χ4n) is 1.59. The topological polar surface area (TPSA) is 46.5 Å². The summed E-state index contributed by atoms with van der Waals surface area (Å²) >= 11 is 0. The number of hydrogen-bond donors (Lipinski definition) is 1. The maximum Gasteiger partial charge on any atom is 0.338 e. The lowest BCUT2D eigenvalue weighted by atomic mass is 10.2. The quantitative estimate of drug-likeness (QED) is 0.852. The van der Waals surface area contributed by atoms with Gasteiger partial charge < -0.3 is 9.84 Å². The van der Waals surface area contributed by atoms with Gasteiger partial charge in [0.25, 0.3) is 0 Å². The third kappa shape index (κ3) is 4.00. The summed E-state index contributed by atoms with van der Waals surface area (Å²) in [7, 11) is 0. The number of ether oxygens (including phenoxy) is 1. The lowest BCUT2D eigenvalue weighted by Crippen LogP contribution is -2.04. The van der Waals surface area contributed by atoms with Gasteiger partial charge >= 0.3 is 5.97 Å². The molecule has 0 unspecified atom stereocenters. The van der Waals surface area contributed by atoms with Gasteiger partial charge in [-0.1, -0.05) is 42.5 Å². The molecule has 2 rings (SSSR count). The number of hydrogen-bond acceptors (Lipinski definition) is 3. The van der Waals surface area contributed by atoms with Crippen LogP contribution < -0.4 is 0 Å². The molecule has 0 heterocycles. The van der Waals surface area contributed by atoms with Gasteiger partial charge in [-0.15, -0.1) is 0 Å². The molecule has 0 saturated carbocycles. The SMILES string of the molecule is O=C(OC/C=C/c1ccccc1)c1cccc(O)c1. The van der Waals surface area contributed by atoms with Crippen molar-refractivity contribution in [3.8, 4) is 5.75 Å². The zero-order valence-corrected chi connectivity index (χ0v) is 10.3. The van der Waals surface area contributed by atoms with E-state index in [1.807, 2.05) is 36.4 Å². The van der Waals surface area contributed by atoms with Crippen LogP contribution in [0.5, 0.6) is 5.75 Å². The Morgan fingerprint density at radius 1 is 1.11 bits per heavy atom. The van der Waals surface area contributed by atoms with Crippen molar-refractivity contribution in [3.05, 3.63) is 71.8 Å². The minimum absolute atomic E-state index is 0.0503. The minimum Gasteiger partial charge on any atom is -0.508 e. The Morgan fingerprint density at radius 3 is 2.63 bits per heavy atom. The summed E-state index contributed by atoms with van der Waals surface area (Å²) in [6.45, 7) is 0.198. The summed E-state index contributed by atoms with van der Waals surface area (Å²) < 4.78 is 5.07. The molecule has 0 aliphatic carbocycles. The highest BCUT2D eigenvalue weighted by molar-refractivity contribution is 5.89. The number of benzene rings is 2. The number of phenolic OH excluding ortho intramolecular Hbond substituents is 1. The molecular weight excluding hydrogens is 240 g/mol. The molecule has 19 heavy (non-hydrogen) atoms. The number of carbonyl (C=O) groups excluding carboxylic acids is 1. The molecule has 3 nitrogen and oxygen atoms in total. The molecule has 96 valence electrons. The Kier molecular flexibility index (Phi) is 4.34. The zero-order valence-electron chi connectivity index (χ0n) is 10.3. The van der Waals surface area contributed by atoms with Crippen molar-refractivity contribution in [2.75, 3.05) is 6.61 Å². The second-order valence-corrected chi connectivity index (χ2v) is 3.96. The van der Waals surface area contributed by atoms with E-state index in [0.29, 0.717) is 5.56 Å². The summed E-state index contributed by atoms with van der Waals surface area (Å²) in [5, 5.41) is 9.26. The average Bonchev–Trinajstić information content (AvgIpc) is 2.44. The van der Waals surface area contributed by atoms with Crippen LogP contribution in [0.15, 0.2) is 60.7 Å². The maximum atomic E-state index is 11.6. The minimum atomic E-state index is -0.450. The van der Waals surface area contributed by atoms with E-state index in [4.69, 9.17) is 4.74 Å². The van der Waals surface area contributed by atoms with Gasteiger partial charge in [0.15, 0.2) is 0 Å². The molecule has 2 aromatic rings. The molecule has 0 radical (unpaired) electrons. The number of phenols is 1. The predicted molar refractivity (Wildman–Crippen MR) is 73.9 cm³/mol. The lowest BCUT2D eigenvalue weighted by Gasteiger charge is -2.02. The highest BCUT2D eigenvalue weighted by Crippen LogP contribution is 2.11. The molecular formula is C16H14O3. The molecule has 0 atom stereocenters. The van der Waals surface area contributed by atoms with Crippen LogP contribution in [0.1, 0.15) is 15.9 Å². The number of carbonyl (C=O) groups is 1.